The van der Waals surface area contributed by atoms with E-state index in [2.05, 4.69) is 115 Å². The van der Waals surface area contributed by atoms with Crippen molar-refractivity contribution in [2.45, 2.75) is 17.0 Å². The van der Waals surface area contributed by atoms with Crippen molar-refractivity contribution in [2.75, 3.05) is 0 Å². The van der Waals surface area contributed by atoms with Crippen LogP contribution < -0.4 is 12.4 Å². The third-order valence-electron chi connectivity index (χ3n) is 6.79. The first-order valence-electron chi connectivity index (χ1n) is 11.7. The van der Waals surface area contributed by atoms with Crippen LogP contribution in [-0.2, 0) is 33.3 Å². The van der Waals surface area contributed by atoms with Crippen LogP contribution in [0.5, 0.6) is 0 Å². The van der Waals surface area contributed by atoms with Gasteiger partial charge in [-0.15, -0.1) is 0 Å². The number of allylic oxidation sites excluding steroid dienone is 4. The summed E-state index contributed by atoms with van der Waals surface area (Å²) in [4.78, 5) is 0. The molecule has 0 saturated heterocycles. The van der Waals surface area contributed by atoms with Gasteiger partial charge in [0.25, 0.3) is 0 Å². The second-order valence-corrected chi connectivity index (χ2v) is 11.7. The molecule has 0 radical (unpaired) electrons. The van der Waals surface area contributed by atoms with Crippen molar-refractivity contribution in [1.82, 2.24) is 0 Å². The third-order valence-corrected chi connectivity index (χ3v) is 10.4. The third kappa shape index (κ3) is 4.40. The molecule has 0 heterocycles. The molecule has 164 valence electrons. The quantitative estimate of drug-likeness (QED) is 0.312. The summed E-state index contributed by atoms with van der Waals surface area (Å²) >= 11 is -0.906. The Labute approximate surface area is 219 Å². The van der Waals surface area contributed by atoms with Gasteiger partial charge in [-0.3, -0.25) is 0 Å². The fourth-order valence-electron chi connectivity index (χ4n) is 5.18. The molecule has 6 rings (SSSR count). The number of benzene rings is 4. The molecule has 4 aromatic carbocycles. The van der Waals surface area contributed by atoms with E-state index in [4.69, 9.17) is 0 Å². The van der Waals surface area contributed by atoms with E-state index in [1.54, 1.807) is 14.3 Å². The van der Waals surface area contributed by atoms with Crippen molar-refractivity contribution in [3.8, 4) is 11.1 Å². The van der Waals surface area contributed by atoms with Crippen LogP contribution in [0.4, 0.5) is 0 Å². The van der Waals surface area contributed by atoms with E-state index >= 15 is 0 Å². The maximum atomic E-state index is 2.40. The van der Waals surface area contributed by atoms with Gasteiger partial charge in [0.05, 0.1) is 0 Å². The minimum atomic E-state index is -0.906. The van der Waals surface area contributed by atoms with Crippen LogP contribution in [0.2, 0.25) is 0 Å². The Balaban J connectivity index is 0.00000241. The van der Waals surface area contributed by atoms with Crippen molar-refractivity contribution in [1.29, 1.82) is 0 Å². The maximum Gasteiger partial charge on any atom is -1.00 e. The Morgan fingerprint density at radius 2 is 1.32 bits per heavy atom. The molecule has 0 aromatic heterocycles. The molecule has 2 aliphatic rings. The SMILES string of the molecule is C1=CCC(c2ccc3c(c2[CH2][Zr+]=[C](c2ccccc2)c2ccccc2)Cc2ccccc2-3)=C1.[Cl-]. The van der Waals surface area contributed by atoms with Gasteiger partial charge in [-0.05, 0) is 0 Å². The molecule has 0 nitrogen and oxygen atoms in total. The molecule has 0 N–H and O–H groups in total. The largest absolute Gasteiger partial charge is 1.00 e. The second-order valence-electron chi connectivity index (χ2n) is 8.74. The predicted octanol–water partition coefficient (Wildman–Crippen LogP) is 4.46. The van der Waals surface area contributed by atoms with Gasteiger partial charge in [0.15, 0.2) is 0 Å². The Morgan fingerprint density at radius 1 is 0.676 bits per heavy atom. The molecule has 0 saturated carbocycles. The summed E-state index contributed by atoms with van der Waals surface area (Å²) in [6.45, 7) is 0. The van der Waals surface area contributed by atoms with Crippen LogP contribution in [0, 0.1) is 0 Å². The van der Waals surface area contributed by atoms with E-state index < -0.39 is 22.8 Å². The zero-order valence-electron chi connectivity index (χ0n) is 19.0. The summed E-state index contributed by atoms with van der Waals surface area (Å²) in [5.74, 6) is 0. The smallest absolute Gasteiger partial charge is 1.00 e. The Morgan fingerprint density at radius 3 is 2.00 bits per heavy atom. The van der Waals surface area contributed by atoms with Crippen molar-refractivity contribution >= 4 is 8.78 Å². The molecule has 0 amide bonds. The van der Waals surface area contributed by atoms with E-state index in [-0.39, 0.29) is 12.4 Å². The molecule has 0 spiro atoms. The van der Waals surface area contributed by atoms with Gasteiger partial charge in [-0.25, -0.2) is 0 Å². The normalized spacial score (nSPS) is 12.9. The Bertz CT molecular complexity index is 1370. The van der Waals surface area contributed by atoms with Gasteiger partial charge in [0.1, 0.15) is 0 Å². The van der Waals surface area contributed by atoms with Crippen LogP contribution in [-0.4, -0.2) is 3.21 Å². The fraction of sp³-hybridized carbons (Fsp3) is 0.0938. The molecule has 34 heavy (non-hydrogen) atoms. The van der Waals surface area contributed by atoms with Crippen LogP contribution in [0.1, 0.15) is 39.8 Å². The van der Waals surface area contributed by atoms with Crippen LogP contribution >= 0.6 is 0 Å². The molecule has 2 aliphatic carbocycles. The summed E-state index contributed by atoms with van der Waals surface area (Å²) < 4.78 is 2.81. The zero-order valence-corrected chi connectivity index (χ0v) is 22.2. The minimum Gasteiger partial charge on any atom is -1.00 e. The topological polar surface area (TPSA) is 0 Å². The Hall–Kier alpha value is -2.60. The fourth-order valence-corrected chi connectivity index (χ4v) is 8.87. The number of hydrogen-bond donors (Lipinski definition) is 0. The number of hydrogen-bond acceptors (Lipinski definition) is 0. The first kappa shape index (κ1) is 23.2. The summed E-state index contributed by atoms with van der Waals surface area (Å²) in [6, 6.07) is 35.9. The van der Waals surface area contributed by atoms with Crippen molar-refractivity contribution in [3.05, 3.63) is 149 Å². The predicted molar refractivity (Wildman–Crippen MR) is 136 cm³/mol. The second kappa shape index (κ2) is 10.3. The van der Waals surface area contributed by atoms with E-state index in [0.29, 0.717) is 0 Å². The number of halogens is 1. The van der Waals surface area contributed by atoms with Gasteiger partial charge < -0.3 is 12.4 Å². The van der Waals surface area contributed by atoms with Gasteiger partial charge in [0, 0.05) is 0 Å². The number of fused-ring (bicyclic) bond motifs is 3. The molecule has 2 heteroatoms. The van der Waals surface area contributed by atoms with Crippen molar-refractivity contribution < 1.29 is 35.2 Å². The van der Waals surface area contributed by atoms with Gasteiger partial charge in [-0.1, -0.05) is 0 Å². The van der Waals surface area contributed by atoms with E-state index in [1.807, 2.05) is 0 Å². The molecular formula is C32H25ClZr. The standard InChI is InChI=1S/C19H15.C13H10.ClH.Zr/c1-13-16(14-6-2-3-7-14)10-11-18-17-9-5-4-8-15(17)12-19(13)18;1-3-7-12(8-4-1)11-13-9-5-2-6-10-13;;/h2-6,8-11H,1,7,12H2;1-10H;1H;/q;;;+1/p-1. The molecule has 0 aliphatic heterocycles. The summed E-state index contributed by atoms with van der Waals surface area (Å²) in [6.07, 6.45) is 8.94. The summed E-state index contributed by atoms with van der Waals surface area (Å²) in [5, 5.41) is 0. The average Bonchev–Trinajstić information content (AvgIpc) is 3.54. The van der Waals surface area contributed by atoms with E-state index in [0.717, 1.165) is 12.8 Å². The van der Waals surface area contributed by atoms with Crippen LogP contribution in [0.3, 0.4) is 0 Å². The van der Waals surface area contributed by atoms with Gasteiger partial charge >= 0.3 is 208 Å². The van der Waals surface area contributed by atoms with Crippen molar-refractivity contribution in [3.63, 3.8) is 0 Å². The molecule has 0 fully saturated rings. The minimum absolute atomic E-state index is 0. The van der Waals surface area contributed by atoms with Crippen LogP contribution in [0.15, 0.2) is 115 Å². The summed E-state index contributed by atoms with van der Waals surface area (Å²) in [7, 11) is 0. The van der Waals surface area contributed by atoms with E-state index in [1.165, 1.54) is 43.1 Å². The zero-order chi connectivity index (χ0) is 22.0. The average molecular weight is 536 g/mol. The summed E-state index contributed by atoms with van der Waals surface area (Å²) in [5.41, 5.74) is 13.3. The van der Waals surface area contributed by atoms with Crippen LogP contribution in [0.25, 0.3) is 16.7 Å². The molecule has 4 aromatic rings. The van der Waals surface area contributed by atoms with Gasteiger partial charge in [0.2, 0.25) is 0 Å². The first-order valence-corrected chi connectivity index (χ1v) is 14.7. The number of rotatable bonds is 5. The molecule has 0 atom stereocenters. The monoisotopic (exact) mass is 534 g/mol. The Kier molecular flexibility index (Phi) is 7.05. The maximum absolute atomic E-state index is 2.40. The molecular weight excluding hydrogens is 511 g/mol. The molecule has 0 unspecified atom stereocenters. The van der Waals surface area contributed by atoms with Crippen molar-refractivity contribution in [2.24, 2.45) is 0 Å². The first-order chi connectivity index (χ1) is 16.4. The molecule has 0 bridgehead atoms. The van der Waals surface area contributed by atoms with Gasteiger partial charge in [-0.2, -0.15) is 0 Å². The van der Waals surface area contributed by atoms with E-state index in [9.17, 15) is 0 Å².